The second-order valence-corrected chi connectivity index (χ2v) is 6.81. The van der Waals surface area contributed by atoms with Gasteiger partial charge in [-0.2, -0.15) is 15.8 Å². The molecule has 2 N–H and O–H groups in total. The maximum atomic E-state index is 9.94. The van der Waals surface area contributed by atoms with E-state index in [9.17, 15) is 15.8 Å². The predicted molar refractivity (Wildman–Crippen MR) is 93.5 cm³/mol. The van der Waals surface area contributed by atoms with Gasteiger partial charge in [-0.25, -0.2) is 0 Å². The number of allylic oxidation sites excluding steroid dienone is 2. The number of nitrogens with zero attached hydrogens (tertiary/aromatic N) is 4. The van der Waals surface area contributed by atoms with Crippen molar-refractivity contribution in [1.82, 2.24) is 4.90 Å². The van der Waals surface area contributed by atoms with E-state index >= 15 is 0 Å². The average Bonchev–Trinajstić information content (AvgIpc) is 2.62. The van der Waals surface area contributed by atoms with Crippen molar-refractivity contribution in [3.8, 4) is 18.2 Å². The van der Waals surface area contributed by atoms with Gasteiger partial charge in [-0.15, -0.1) is 0 Å². The van der Waals surface area contributed by atoms with E-state index in [1.807, 2.05) is 44.3 Å². The van der Waals surface area contributed by atoms with Gasteiger partial charge in [-0.05, 0) is 25.1 Å². The highest BCUT2D eigenvalue weighted by Crippen LogP contribution is 2.53. The molecule has 2 aliphatic rings. The fraction of sp³-hybridized carbons (Fsp3) is 0.350. The zero-order valence-corrected chi connectivity index (χ0v) is 14.3. The van der Waals surface area contributed by atoms with Gasteiger partial charge in [0.25, 0.3) is 0 Å². The molecule has 0 amide bonds. The van der Waals surface area contributed by atoms with Crippen LogP contribution in [0.2, 0.25) is 0 Å². The number of nitrogens with two attached hydrogens (primary N) is 1. The first-order valence-electron chi connectivity index (χ1n) is 8.17. The Morgan fingerprint density at radius 2 is 1.80 bits per heavy atom. The largest absolute Gasteiger partial charge is 0.399 e. The van der Waals surface area contributed by atoms with E-state index in [1.54, 1.807) is 0 Å². The van der Waals surface area contributed by atoms with E-state index in [-0.39, 0.29) is 11.6 Å². The standard InChI is InChI=1S/C20H19N5/c1-13-3-5-14(6-4-13)18-17-10-25(2)8-7-15(17)16(9-21)19(24)20(18,11-22)12-23/h3-7,17-18H,8,10,24H2,1-2H3/t17-,18+/m0/s1. The minimum absolute atomic E-state index is 0.0811. The number of hydrogen-bond donors (Lipinski definition) is 1. The lowest BCUT2D eigenvalue weighted by Crippen LogP contribution is -2.47. The van der Waals surface area contributed by atoms with E-state index in [2.05, 4.69) is 23.1 Å². The van der Waals surface area contributed by atoms with Crippen LogP contribution < -0.4 is 5.73 Å². The molecule has 1 aromatic rings. The highest BCUT2D eigenvalue weighted by atomic mass is 15.1. The van der Waals surface area contributed by atoms with E-state index in [1.165, 1.54) is 0 Å². The van der Waals surface area contributed by atoms with Gasteiger partial charge in [0.15, 0.2) is 5.41 Å². The maximum absolute atomic E-state index is 9.94. The molecule has 5 nitrogen and oxygen atoms in total. The fourth-order valence-corrected chi connectivity index (χ4v) is 3.97. The molecular formula is C20H19N5. The second kappa shape index (κ2) is 6.10. The first kappa shape index (κ1) is 16.8. The smallest absolute Gasteiger partial charge is 0.191 e. The summed E-state index contributed by atoms with van der Waals surface area (Å²) in [5, 5.41) is 29.5. The van der Waals surface area contributed by atoms with Crippen LogP contribution in [-0.2, 0) is 0 Å². The van der Waals surface area contributed by atoms with Gasteiger partial charge in [0, 0.05) is 24.9 Å². The number of rotatable bonds is 1. The topological polar surface area (TPSA) is 101 Å². The lowest BCUT2D eigenvalue weighted by molar-refractivity contribution is 0.237. The molecule has 124 valence electrons. The minimum Gasteiger partial charge on any atom is -0.399 e. The molecule has 1 aliphatic heterocycles. The average molecular weight is 329 g/mol. The fourth-order valence-electron chi connectivity index (χ4n) is 3.97. The highest BCUT2D eigenvalue weighted by Gasteiger charge is 2.54. The Kier molecular flexibility index (Phi) is 4.09. The van der Waals surface area contributed by atoms with Crippen LogP contribution in [0.1, 0.15) is 17.0 Å². The zero-order valence-electron chi connectivity index (χ0n) is 14.3. The van der Waals surface area contributed by atoms with Crippen molar-refractivity contribution in [1.29, 1.82) is 15.8 Å². The van der Waals surface area contributed by atoms with Crippen molar-refractivity contribution in [3.63, 3.8) is 0 Å². The van der Waals surface area contributed by atoms with E-state index in [4.69, 9.17) is 5.73 Å². The van der Waals surface area contributed by atoms with Crippen LogP contribution in [0.3, 0.4) is 0 Å². The van der Waals surface area contributed by atoms with E-state index < -0.39 is 11.3 Å². The molecule has 3 rings (SSSR count). The summed E-state index contributed by atoms with van der Waals surface area (Å²) in [6, 6.07) is 14.3. The van der Waals surface area contributed by atoms with Crippen molar-refractivity contribution < 1.29 is 0 Å². The monoisotopic (exact) mass is 329 g/mol. The van der Waals surface area contributed by atoms with Gasteiger partial charge in [-0.1, -0.05) is 35.9 Å². The molecule has 0 bridgehead atoms. The highest BCUT2D eigenvalue weighted by molar-refractivity contribution is 5.59. The number of fused-ring (bicyclic) bond motifs is 1. The van der Waals surface area contributed by atoms with Crippen molar-refractivity contribution in [3.05, 3.63) is 58.3 Å². The summed E-state index contributed by atoms with van der Waals surface area (Å²) in [6.45, 7) is 3.39. The Balaban J connectivity index is 2.32. The maximum Gasteiger partial charge on any atom is 0.191 e. The van der Waals surface area contributed by atoms with Crippen LogP contribution >= 0.6 is 0 Å². The second-order valence-electron chi connectivity index (χ2n) is 6.81. The first-order valence-corrected chi connectivity index (χ1v) is 8.17. The third-order valence-corrected chi connectivity index (χ3v) is 5.28. The Labute approximate surface area is 147 Å². The normalized spacial score (nSPS) is 25.2. The summed E-state index contributed by atoms with van der Waals surface area (Å²) < 4.78 is 0. The molecule has 25 heavy (non-hydrogen) atoms. The lowest BCUT2D eigenvalue weighted by atomic mass is 9.58. The summed E-state index contributed by atoms with van der Waals surface area (Å²) in [7, 11) is 1.99. The SMILES string of the molecule is Cc1ccc([C@@H]2[C@H]3CN(C)CC=C3C(C#N)=C(N)C2(C#N)C#N)cc1. The van der Waals surface area contributed by atoms with Crippen molar-refractivity contribution in [2.45, 2.75) is 12.8 Å². The van der Waals surface area contributed by atoms with Gasteiger partial charge in [0.1, 0.15) is 6.07 Å². The number of nitriles is 3. The molecule has 0 radical (unpaired) electrons. The molecular weight excluding hydrogens is 310 g/mol. The zero-order chi connectivity index (χ0) is 18.2. The van der Waals surface area contributed by atoms with Crippen LogP contribution in [0.15, 0.2) is 47.2 Å². The molecule has 0 saturated heterocycles. The summed E-state index contributed by atoms with van der Waals surface area (Å²) in [6.07, 6.45) is 2.00. The molecule has 1 aliphatic carbocycles. The molecule has 2 atom stereocenters. The number of likely N-dealkylation sites (N-methyl/N-ethyl adjacent to an activating group) is 1. The molecule has 0 unspecified atom stereocenters. The predicted octanol–water partition coefficient (Wildman–Crippen LogP) is 2.35. The summed E-state index contributed by atoms with van der Waals surface area (Å²) in [5.41, 5.74) is 7.96. The molecule has 1 heterocycles. The first-order chi connectivity index (χ1) is 12.0. The van der Waals surface area contributed by atoms with Gasteiger partial charge in [0.05, 0.1) is 23.4 Å². The summed E-state index contributed by atoms with van der Waals surface area (Å²) in [4.78, 5) is 2.13. The van der Waals surface area contributed by atoms with Crippen LogP contribution in [0.4, 0.5) is 0 Å². The van der Waals surface area contributed by atoms with Gasteiger partial charge in [-0.3, -0.25) is 0 Å². The van der Waals surface area contributed by atoms with Gasteiger partial charge < -0.3 is 10.6 Å². The quantitative estimate of drug-likeness (QED) is 0.852. The van der Waals surface area contributed by atoms with Crippen molar-refractivity contribution in [2.75, 3.05) is 20.1 Å². The molecule has 0 saturated carbocycles. The number of aryl methyl sites for hydroxylation is 1. The van der Waals surface area contributed by atoms with Gasteiger partial charge >= 0.3 is 0 Å². The minimum atomic E-state index is -1.54. The van der Waals surface area contributed by atoms with Crippen LogP contribution in [0.25, 0.3) is 0 Å². The summed E-state index contributed by atoms with van der Waals surface area (Å²) in [5.74, 6) is -0.531. The molecule has 5 heteroatoms. The number of hydrogen-bond acceptors (Lipinski definition) is 5. The third kappa shape index (κ3) is 2.40. The Hall–Kier alpha value is -3.07. The van der Waals surface area contributed by atoms with Crippen molar-refractivity contribution >= 4 is 0 Å². The van der Waals surface area contributed by atoms with E-state index in [0.29, 0.717) is 12.1 Å². The Morgan fingerprint density at radius 3 is 2.36 bits per heavy atom. The Bertz CT molecular complexity index is 872. The van der Waals surface area contributed by atoms with Crippen molar-refractivity contribution in [2.24, 2.45) is 17.1 Å². The molecule has 0 spiro atoms. The Morgan fingerprint density at radius 1 is 1.16 bits per heavy atom. The number of benzene rings is 1. The van der Waals surface area contributed by atoms with Crippen LogP contribution in [-0.4, -0.2) is 25.0 Å². The molecule has 0 fully saturated rings. The molecule has 0 aromatic heterocycles. The van der Waals surface area contributed by atoms with Gasteiger partial charge in [0.2, 0.25) is 0 Å². The van der Waals surface area contributed by atoms with E-state index in [0.717, 1.165) is 23.2 Å². The van der Waals surface area contributed by atoms with Crippen LogP contribution in [0, 0.1) is 52.2 Å². The summed E-state index contributed by atoms with van der Waals surface area (Å²) >= 11 is 0. The molecule has 1 aromatic carbocycles. The van der Waals surface area contributed by atoms with Crippen LogP contribution in [0.5, 0.6) is 0 Å². The lowest BCUT2D eigenvalue weighted by Gasteiger charge is -2.45. The third-order valence-electron chi connectivity index (χ3n) is 5.28.